The fourth-order valence-corrected chi connectivity index (χ4v) is 1.37. The van der Waals surface area contributed by atoms with Crippen LogP contribution in [0.15, 0.2) is 12.3 Å². The Morgan fingerprint density at radius 3 is 2.79 bits per heavy atom. The number of hydrogen-bond acceptors (Lipinski definition) is 5. The molecular weight excluding hydrogens is 246 g/mol. The quantitative estimate of drug-likeness (QED) is 0.805. The van der Waals surface area contributed by atoms with Crippen molar-refractivity contribution in [3.63, 3.8) is 0 Å². The highest BCUT2D eigenvalue weighted by Crippen LogP contribution is 2.09. The molecule has 0 unspecified atom stereocenters. The molecule has 1 heterocycles. The number of ether oxygens (including phenoxy) is 1. The molecule has 0 spiro atoms. The molecule has 6 nitrogen and oxygen atoms in total. The first-order valence-electron chi connectivity index (χ1n) is 5.98. The van der Waals surface area contributed by atoms with Gasteiger partial charge < -0.3 is 15.8 Å². The second kappa shape index (κ2) is 6.17. The van der Waals surface area contributed by atoms with Gasteiger partial charge in [0.1, 0.15) is 5.60 Å². The van der Waals surface area contributed by atoms with Crippen molar-refractivity contribution >= 4 is 18.1 Å². The number of anilines is 1. The highest BCUT2D eigenvalue weighted by molar-refractivity contribution is 5.82. The molecule has 0 saturated carbocycles. The van der Waals surface area contributed by atoms with Gasteiger partial charge in [-0.25, -0.2) is 4.79 Å². The molecule has 0 atom stereocenters. The first-order valence-corrected chi connectivity index (χ1v) is 5.98. The van der Waals surface area contributed by atoms with Crippen molar-refractivity contribution in [2.75, 3.05) is 12.3 Å². The van der Waals surface area contributed by atoms with Crippen LogP contribution < -0.4 is 11.1 Å². The Morgan fingerprint density at radius 2 is 2.21 bits per heavy atom. The summed E-state index contributed by atoms with van der Waals surface area (Å²) in [6, 6.07) is 1.61. The van der Waals surface area contributed by atoms with E-state index in [1.165, 1.54) is 6.20 Å². The van der Waals surface area contributed by atoms with E-state index in [9.17, 15) is 9.59 Å². The summed E-state index contributed by atoms with van der Waals surface area (Å²) in [6.45, 7) is 5.77. The zero-order valence-electron chi connectivity index (χ0n) is 11.4. The molecule has 0 radical (unpaired) electrons. The van der Waals surface area contributed by atoms with Gasteiger partial charge in [-0.3, -0.25) is 9.78 Å². The van der Waals surface area contributed by atoms with Crippen LogP contribution in [-0.4, -0.2) is 29.5 Å². The number of alkyl carbamates (subject to hydrolysis) is 1. The number of carbonyl (C=O) groups excluding carboxylic acids is 2. The maximum Gasteiger partial charge on any atom is 0.407 e. The number of aldehydes is 1. The number of rotatable bonds is 4. The third-order valence-electron chi connectivity index (χ3n) is 2.20. The third kappa shape index (κ3) is 5.37. The Labute approximate surface area is 112 Å². The van der Waals surface area contributed by atoms with Crippen LogP contribution >= 0.6 is 0 Å². The predicted octanol–water partition coefficient (Wildman–Crippen LogP) is 1.54. The molecule has 0 fully saturated rings. The van der Waals surface area contributed by atoms with Gasteiger partial charge >= 0.3 is 6.09 Å². The van der Waals surface area contributed by atoms with E-state index < -0.39 is 11.7 Å². The Bertz CT molecular complexity index is 467. The fourth-order valence-electron chi connectivity index (χ4n) is 1.37. The van der Waals surface area contributed by atoms with Crippen molar-refractivity contribution in [1.82, 2.24) is 10.3 Å². The molecule has 0 aromatic carbocycles. The topological polar surface area (TPSA) is 94.3 Å². The minimum Gasteiger partial charge on any atom is -0.444 e. The van der Waals surface area contributed by atoms with Gasteiger partial charge in [-0.15, -0.1) is 0 Å². The summed E-state index contributed by atoms with van der Waals surface area (Å²) in [5, 5.41) is 2.62. The molecule has 104 valence electrons. The number of nitrogens with two attached hydrogens (primary N) is 1. The molecule has 0 saturated heterocycles. The number of hydrogen-bond donors (Lipinski definition) is 2. The lowest BCUT2D eigenvalue weighted by atomic mass is 10.2. The molecule has 1 rings (SSSR count). The minimum absolute atomic E-state index is 0.346. The Hall–Kier alpha value is -2.11. The summed E-state index contributed by atoms with van der Waals surface area (Å²) in [5.74, 6) is 0. The van der Waals surface area contributed by atoms with Crippen LogP contribution in [0.25, 0.3) is 0 Å². The number of carbonyl (C=O) groups is 2. The molecule has 3 N–H and O–H groups in total. The van der Waals surface area contributed by atoms with Crippen LogP contribution in [0.2, 0.25) is 0 Å². The number of pyridine rings is 1. The lowest BCUT2D eigenvalue weighted by Crippen LogP contribution is -2.33. The molecule has 1 aromatic rings. The van der Waals surface area contributed by atoms with Crippen LogP contribution in [-0.2, 0) is 11.2 Å². The van der Waals surface area contributed by atoms with E-state index in [0.29, 0.717) is 36.2 Å². The maximum absolute atomic E-state index is 11.4. The molecule has 19 heavy (non-hydrogen) atoms. The first-order chi connectivity index (χ1) is 8.81. The predicted molar refractivity (Wildman–Crippen MR) is 72.0 cm³/mol. The van der Waals surface area contributed by atoms with E-state index in [-0.39, 0.29) is 0 Å². The zero-order valence-corrected chi connectivity index (χ0v) is 11.4. The molecular formula is C13H19N3O3. The van der Waals surface area contributed by atoms with E-state index in [2.05, 4.69) is 10.3 Å². The molecule has 0 aliphatic carbocycles. The van der Waals surface area contributed by atoms with Crippen LogP contribution in [0.3, 0.4) is 0 Å². The van der Waals surface area contributed by atoms with Gasteiger partial charge in [0.05, 0.1) is 11.9 Å². The monoisotopic (exact) mass is 265 g/mol. The lowest BCUT2D eigenvalue weighted by Gasteiger charge is -2.19. The fraction of sp³-hybridized carbons (Fsp3) is 0.462. The molecule has 0 bridgehead atoms. The number of nitrogens with one attached hydrogen (secondary N) is 1. The summed E-state index contributed by atoms with van der Waals surface area (Å²) in [7, 11) is 0. The van der Waals surface area contributed by atoms with Crippen LogP contribution in [0.1, 0.15) is 36.8 Å². The van der Waals surface area contributed by atoms with E-state index in [4.69, 9.17) is 10.5 Å². The van der Waals surface area contributed by atoms with Crippen LogP contribution in [0.4, 0.5) is 10.5 Å². The zero-order chi connectivity index (χ0) is 14.5. The second-order valence-corrected chi connectivity index (χ2v) is 5.10. The van der Waals surface area contributed by atoms with Gasteiger partial charge in [-0.1, -0.05) is 0 Å². The lowest BCUT2D eigenvalue weighted by molar-refractivity contribution is 0.0528. The van der Waals surface area contributed by atoms with Crippen molar-refractivity contribution in [2.24, 2.45) is 0 Å². The van der Waals surface area contributed by atoms with E-state index in [1.54, 1.807) is 26.8 Å². The summed E-state index contributed by atoms with van der Waals surface area (Å²) in [4.78, 5) is 26.2. The number of aromatic nitrogens is 1. The van der Waals surface area contributed by atoms with E-state index >= 15 is 0 Å². The van der Waals surface area contributed by atoms with Gasteiger partial charge in [0.15, 0.2) is 6.29 Å². The van der Waals surface area contributed by atoms with E-state index in [1.807, 2.05) is 0 Å². The average molecular weight is 265 g/mol. The van der Waals surface area contributed by atoms with Crippen molar-refractivity contribution in [3.8, 4) is 0 Å². The van der Waals surface area contributed by atoms with Crippen LogP contribution in [0, 0.1) is 0 Å². The van der Waals surface area contributed by atoms with Gasteiger partial charge in [0, 0.05) is 24.2 Å². The van der Waals surface area contributed by atoms with Crippen molar-refractivity contribution in [3.05, 3.63) is 23.5 Å². The van der Waals surface area contributed by atoms with Gasteiger partial charge in [-0.05, 0) is 26.8 Å². The maximum atomic E-state index is 11.4. The SMILES string of the molecule is CC(C)(C)OC(=O)NCCc1cc(C=O)c(N)cn1. The number of nitrogens with zero attached hydrogens (tertiary/aromatic N) is 1. The average Bonchev–Trinajstić information content (AvgIpc) is 2.29. The summed E-state index contributed by atoms with van der Waals surface area (Å²) >= 11 is 0. The molecule has 6 heteroatoms. The molecule has 0 aliphatic heterocycles. The highest BCUT2D eigenvalue weighted by Gasteiger charge is 2.15. The third-order valence-corrected chi connectivity index (χ3v) is 2.20. The van der Waals surface area contributed by atoms with Gasteiger partial charge in [0.25, 0.3) is 0 Å². The van der Waals surface area contributed by atoms with Crippen LogP contribution in [0.5, 0.6) is 0 Å². The second-order valence-electron chi connectivity index (χ2n) is 5.10. The Balaban J connectivity index is 2.45. The molecule has 1 aromatic heterocycles. The van der Waals surface area contributed by atoms with Gasteiger partial charge in [-0.2, -0.15) is 0 Å². The molecule has 1 amide bonds. The standard InChI is InChI=1S/C13H19N3O3/c1-13(2,3)19-12(18)15-5-4-10-6-9(8-17)11(14)7-16-10/h6-8H,4-5,14H2,1-3H3,(H,15,18). The normalized spacial score (nSPS) is 10.9. The smallest absolute Gasteiger partial charge is 0.407 e. The number of nitrogen functional groups attached to an aromatic ring is 1. The van der Waals surface area contributed by atoms with E-state index in [0.717, 1.165) is 0 Å². The van der Waals surface area contributed by atoms with Crippen molar-refractivity contribution in [1.29, 1.82) is 0 Å². The summed E-state index contributed by atoms with van der Waals surface area (Å²) < 4.78 is 5.09. The van der Waals surface area contributed by atoms with Crippen molar-refractivity contribution < 1.29 is 14.3 Å². The number of amides is 1. The van der Waals surface area contributed by atoms with Crippen molar-refractivity contribution in [2.45, 2.75) is 32.8 Å². The summed E-state index contributed by atoms with van der Waals surface area (Å²) in [6.07, 6.45) is 2.15. The summed E-state index contributed by atoms with van der Waals surface area (Å²) in [5.41, 5.74) is 6.48. The Kier molecular flexibility index (Phi) is 4.86. The Morgan fingerprint density at radius 1 is 1.53 bits per heavy atom. The largest absolute Gasteiger partial charge is 0.444 e. The first kappa shape index (κ1) is 14.9. The minimum atomic E-state index is -0.520. The molecule has 0 aliphatic rings. The van der Waals surface area contributed by atoms with Gasteiger partial charge in [0.2, 0.25) is 0 Å². The highest BCUT2D eigenvalue weighted by atomic mass is 16.6.